The molecule has 0 bridgehead atoms. The largest absolute Gasteiger partial charge is 0.478 e. The minimum absolute atomic E-state index is 0.669. The molecule has 1 heterocycles. The predicted molar refractivity (Wildman–Crippen MR) is 51.5 cm³/mol. The normalized spacial score (nSPS) is 10.8. The molecule has 1 aromatic heterocycles. The highest BCUT2D eigenvalue weighted by atomic mass is 32.2. The number of hydrogen-bond acceptors (Lipinski definition) is 3. The number of thioether (sulfide) groups is 1. The van der Waals surface area contributed by atoms with Crippen LogP contribution in [0, 0.1) is 6.92 Å². The van der Waals surface area contributed by atoms with E-state index in [2.05, 4.69) is 0 Å². The lowest BCUT2D eigenvalue weighted by Crippen LogP contribution is -1.84. The van der Waals surface area contributed by atoms with Gasteiger partial charge in [-0.25, -0.2) is 4.79 Å². The van der Waals surface area contributed by atoms with Gasteiger partial charge in [0.2, 0.25) is 0 Å². The van der Waals surface area contributed by atoms with E-state index in [-0.39, 0.29) is 0 Å². The standard InChI is InChI=1S/C9H10O3S/c1-7-2-4-12-8(7)6-13-5-3-9(10)11/h2-5H,6H2,1H3,(H,10,11)/b5-3+. The van der Waals surface area contributed by atoms with Crippen molar-refractivity contribution in [2.75, 3.05) is 0 Å². The van der Waals surface area contributed by atoms with Crippen LogP contribution in [0.2, 0.25) is 0 Å². The average molecular weight is 198 g/mol. The van der Waals surface area contributed by atoms with E-state index < -0.39 is 5.97 Å². The highest BCUT2D eigenvalue weighted by Gasteiger charge is 1.99. The molecule has 0 fully saturated rings. The van der Waals surface area contributed by atoms with Crippen molar-refractivity contribution in [3.05, 3.63) is 35.1 Å². The van der Waals surface area contributed by atoms with E-state index in [0.29, 0.717) is 5.75 Å². The van der Waals surface area contributed by atoms with Crippen LogP contribution in [0.25, 0.3) is 0 Å². The first kappa shape index (κ1) is 9.92. The van der Waals surface area contributed by atoms with Gasteiger partial charge in [0.15, 0.2) is 0 Å². The Hall–Kier alpha value is -1.16. The molecule has 0 aliphatic heterocycles. The number of aliphatic carboxylic acids is 1. The molecule has 0 aliphatic rings. The number of aryl methyl sites for hydroxylation is 1. The number of furan rings is 1. The fraction of sp³-hybridized carbons (Fsp3) is 0.222. The molecular formula is C9H10O3S. The molecule has 70 valence electrons. The van der Waals surface area contributed by atoms with Crippen molar-refractivity contribution in [3.63, 3.8) is 0 Å². The van der Waals surface area contributed by atoms with Gasteiger partial charge in [-0.15, -0.1) is 11.8 Å². The first-order valence-electron chi connectivity index (χ1n) is 3.74. The summed E-state index contributed by atoms with van der Waals surface area (Å²) in [6, 6.07) is 1.89. The Morgan fingerprint density at radius 1 is 1.77 bits per heavy atom. The molecule has 0 aliphatic carbocycles. The second-order valence-corrected chi connectivity index (χ2v) is 3.37. The van der Waals surface area contributed by atoms with Crippen LogP contribution in [0.5, 0.6) is 0 Å². The smallest absolute Gasteiger partial charge is 0.328 e. The van der Waals surface area contributed by atoms with Crippen molar-refractivity contribution >= 4 is 17.7 Å². The molecule has 0 aromatic carbocycles. The van der Waals surface area contributed by atoms with Crippen molar-refractivity contribution in [2.24, 2.45) is 0 Å². The van der Waals surface area contributed by atoms with E-state index in [1.54, 1.807) is 11.7 Å². The predicted octanol–water partition coefficient (Wildman–Crippen LogP) is 2.42. The lowest BCUT2D eigenvalue weighted by atomic mass is 10.3. The van der Waals surface area contributed by atoms with Gasteiger partial charge in [-0.1, -0.05) is 0 Å². The zero-order valence-electron chi connectivity index (χ0n) is 7.19. The van der Waals surface area contributed by atoms with E-state index in [9.17, 15) is 4.79 Å². The molecule has 4 heteroatoms. The molecule has 0 amide bonds. The monoisotopic (exact) mass is 198 g/mol. The maximum absolute atomic E-state index is 10.1. The minimum atomic E-state index is -0.927. The average Bonchev–Trinajstić information content (AvgIpc) is 2.45. The number of hydrogen-bond donors (Lipinski definition) is 1. The van der Waals surface area contributed by atoms with Crippen molar-refractivity contribution in [2.45, 2.75) is 12.7 Å². The number of rotatable bonds is 4. The second kappa shape index (κ2) is 4.77. The molecule has 0 unspecified atom stereocenters. The van der Waals surface area contributed by atoms with Gasteiger partial charge in [0.05, 0.1) is 12.0 Å². The van der Waals surface area contributed by atoms with E-state index in [1.807, 2.05) is 13.0 Å². The lowest BCUT2D eigenvalue weighted by Gasteiger charge is -1.93. The molecule has 3 nitrogen and oxygen atoms in total. The number of carboxylic acids is 1. The Bertz CT molecular complexity index is 314. The Balaban J connectivity index is 2.36. The molecule has 0 atom stereocenters. The molecule has 0 saturated heterocycles. The molecule has 13 heavy (non-hydrogen) atoms. The summed E-state index contributed by atoms with van der Waals surface area (Å²) < 4.78 is 5.17. The van der Waals surface area contributed by atoms with Crippen LogP contribution in [0.15, 0.2) is 28.2 Å². The molecule has 0 radical (unpaired) electrons. The van der Waals surface area contributed by atoms with Gasteiger partial charge in [-0.3, -0.25) is 0 Å². The van der Waals surface area contributed by atoms with E-state index in [1.165, 1.54) is 11.8 Å². The first-order valence-corrected chi connectivity index (χ1v) is 4.79. The summed E-state index contributed by atoms with van der Waals surface area (Å²) in [7, 11) is 0. The Morgan fingerprint density at radius 3 is 3.08 bits per heavy atom. The fourth-order valence-corrected chi connectivity index (χ4v) is 1.54. The van der Waals surface area contributed by atoms with Gasteiger partial charge in [0, 0.05) is 6.08 Å². The maximum atomic E-state index is 10.1. The third kappa shape index (κ3) is 3.38. The second-order valence-electron chi connectivity index (χ2n) is 2.48. The molecule has 1 N–H and O–H groups in total. The Kier molecular flexibility index (Phi) is 3.64. The summed E-state index contributed by atoms with van der Waals surface area (Å²) in [4.78, 5) is 10.1. The quantitative estimate of drug-likeness (QED) is 0.755. The summed E-state index contributed by atoms with van der Waals surface area (Å²) in [6.45, 7) is 1.96. The van der Waals surface area contributed by atoms with Crippen LogP contribution >= 0.6 is 11.8 Å². The Labute approximate surface area is 80.4 Å². The number of carbonyl (C=O) groups is 1. The molecule has 1 aromatic rings. The van der Waals surface area contributed by atoms with Crippen LogP contribution in [-0.4, -0.2) is 11.1 Å². The van der Waals surface area contributed by atoms with Gasteiger partial charge in [-0.2, -0.15) is 0 Å². The van der Waals surface area contributed by atoms with E-state index in [4.69, 9.17) is 9.52 Å². The summed E-state index contributed by atoms with van der Waals surface area (Å²) in [5.74, 6) is 0.631. The zero-order chi connectivity index (χ0) is 9.68. The van der Waals surface area contributed by atoms with E-state index in [0.717, 1.165) is 17.4 Å². The third-order valence-electron chi connectivity index (χ3n) is 1.49. The van der Waals surface area contributed by atoms with Crippen molar-refractivity contribution in [1.29, 1.82) is 0 Å². The molecular weight excluding hydrogens is 188 g/mol. The Morgan fingerprint density at radius 2 is 2.54 bits per heavy atom. The lowest BCUT2D eigenvalue weighted by molar-refractivity contribution is -0.131. The van der Waals surface area contributed by atoms with Crippen LogP contribution in [-0.2, 0) is 10.5 Å². The highest BCUT2D eigenvalue weighted by molar-refractivity contribution is 8.01. The SMILES string of the molecule is Cc1ccoc1CS/C=C/C(=O)O. The van der Waals surface area contributed by atoms with Gasteiger partial charge >= 0.3 is 5.97 Å². The van der Waals surface area contributed by atoms with Crippen LogP contribution in [0.3, 0.4) is 0 Å². The van der Waals surface area contributed by atoms with Crippen molar-refractivity contribution in [3.8, 4) is 0 Å². The summed E-state index contributed by atoms with van der Waals surface area (Å²) in [5, 5.41) is 9.85. The molecule has 0 spiro atoms. The minimum Gasteiger partial charge on any atom is -0.478 e. The summed E-state index contributed by atoms with van der Waals surface area (Å²) in [6.07, 6.45) is 2.75. The van der Waals surface area contributed by atoms with Crippen molar-refractivity contribution in [1.82, 2.24) is 0 Å². The fourth-order valence-electron chi connectivity index (χ4n) is 0.782. The molecule has 1 rings (SSSR count). The topological polar surface area (TPSA) is 50.4 Å². The van der Waals surface area contributed by atoms with Crippen molar-refractivity contribution < 1.29 is 14.3 Å². The van der Waals surface area contributed by atoms with Crippen LogP contribution < -0.4 is 0 Å². The zero-order valence-corrected chi connectivity index (χ0v) is 8.00. The maximum Gasteiger partial charge on any atom is 0.328 e. The van der Waals surface area contributed by atoms with Crippen LogP contribution in [0.1, 0.15) is 11.3 Å². The summed E-state index contributed by atoms with van der Waals surface area (Å²) in [5.41, 5.74) is 1.09. The third-order valence-corrected chi connectivity index (χ3v) is 2.25. The van der Waals surface area contributed by atoms with Gasteiger partial charge < -0.3 is 9.52 Å². The van der Waals surface area contributed by atoms with Gasteiger partial charge in [0.1, 0.15) is 5.76 Å². The van der Waals surface area contributed by atoms with E-state index >= 15 is 0 Å². The highest BCUT2D eigenvalue weighted by Crippen LogP contribution is 2.17. The van der Waals surface area contributed by atoms with Gasteiger partial charge in [-0.05, 0) is 24.0 Å². The van der Waals surface area contributed by atoms with Crippen LogP contribution in [0.4, 0.5) is 0 Å². The number of carboxylic acid groups (broad SMARTS) is 1. The first-order chi connectivity index (χ1) is 6.20. The molecule has 0 saturated carbocycles. The van der Waals surface area contributed by atoms with Gasteiger partial charge in [0.25, 0.3) is 0 Å². The summed E-state index contributed by atoms with van der Waals surface area (Å²) >= 11 is 1.40.